The van der Waals surface area contributed by atoms with E-state index in [0.29, 0.717) is 39.4 Å². The lowest BCUT2D eigenvalue weighted by Crippen LogP contribution is -2.22. The molecule has 0 atom stereocenters. The molecular formula is C21H14ClFN2O2. The van der Waals surface area contributed by atoms with Crippen LogP contribution in [0.25, 0.3) is 22.2 Å². The van der Waals surface area contributed by atoms with Gasteiger partial charge in [-0.2, -0.15) is 0 Å². The molecule has 1 N–H and O–H groups in total. The molecule has 0 aliphatic carbocycles. The third kappa shape index (κ3) is 3.55. The number of rotatable bonds is 4. The molecule has 1 aromatic heterocycles. The highest BCUT2D eigenvalue weighted by atomic mass is 35.5. The van der Waals surface area contributed by atoms with E-state index in [-0.39, 0.29) is 11.7 Å². The summed E-state index contributed by atoms with van der Waals surface area (Å²) in [6, 6.07) is 18.4. The monoisotopic (exact) mass is 380 g/mol. The first-order chi connectivity index (χ1) is 13.1. The fourth-order valence-electron chi connectivity index (χ4n) is 2.81. The third-order valence-corrected chi connectivity index (χ3v) is 4.61. The first-order valence-electron chi connectivity index (χ1n) is 8.29. The molecule has 4 aromatic rings. The molecule has 134 valence electrons. The molecule has 4 nitrogen and oxygen atoms in total. The third-order valence-electron chi connectivity index (χ3n) is 4.24. The van der Waals surface area contributed by atoms with E-state index in [1.807, 2.05) is 18.2 Å². The maximum absolute atomic E-state index is 13.2. The van der Waals surface area contributed by atoms with E-state index < -0.39 is 0 Å². The summed E-state index contributed by atoms with van der Waals surface area (Å²) in [6.45, 7) is 0.324. The summed E-state index contributed by atoms with van der Waals surface area (Å²) in [5.74, 6) is -0.0731. The van der Waals surface area contributed by atoms with Crippen LogP contribution in [0.5, 0.6) is 0 Å². The van der Waals surface area contributed by atoms with Gasteiger partial charge >= 0.3 is 0 Å². The van der Waals surface area contributed by atoms with Crippen molar-refractivity contribution in [3.8, 4) is 11.3 Å². The van der Waals surface area contributed by atoms with Gasteiger partial charge in [0.05, 0.1) is 5.39 Å². The SMILES string of the molecule is O=C(NCc1ccccc1Cl)c1ccc2noc(-c3ccc(F)cc3)c2c1. The van der Waals surface area contributed by atoms with Crippen molar-refractivity contribution in [2.75, 3.05) is 0 Å². The molecule has 0 spiro atoms. The second-order valence-electron chi connectivity index (χ2n) is 6.02. The van der Waals surface area contributed by atoms with E-state index in [4.69, 9.17) is 16.1 Å². The average Bonchev–Trinajstić information content (AvgIpc) is 3.11. The average molecular weight is 381 g/mol. The maximum Gasteiger partial charge on any atom is 0.251 e. The molecule has 0 aliphatic rings. The van der Waals surface area contributed by atoms with Gasteiger partial charge in [-0.1, -0.05) is 35.0 Å². The van der Waals surface area contributed by atoms with E-state index in [0.717, 1.165) is 5.56 Å². The number of carbonyl (C=O) groups is 1. The van der Waals surface area contributed by atoms with Crippen LogP contribution >= 0.6 is 11.6 Å². The number of aromatic nitrogens is 1. The highest BCUT2D eigenvalue weighted by molar-refractivity contribution is 6.31. The van der Waals surface area contributed by atoms with Gasteiger partial charge in [-0.25, -0.2) is 4.39 Å². The first-order valence-corrected chi connectivity index (χ1v) is 8.66. The Morgan fingerprint density at radius 3 is 2.63 bits per heavy atom. The summed E-state index contributed by atoms with van der Waals surface area (Å²) in [5, 5.41) is 8.15. The van der Waals surface area contributed by atoms with Crippen molar-refractivity contribution in [2.45, 2.75) is 6.54 Å². The quantitative estimate of drug-likeness (QED) is 0.528. The van der Waals surface area contributed by atoms with Crippen LogP contribution in [0.3, 0.4) is 0 Å². The predicted octanol–water partition coefficient (Wildman–Crippen LogP) is 5.22. The number of carbonyl (C=O) groups excluding carboxylic acids is 1. The molecule has 4 rings (SSSR count). The zero-order valence-electron chi connectivity index (χ0n) is 14.1. The molecule has 3 aromatic carbocycles. The normalized spacial score (nSPS) is 10.9. The number of fused-ring (bicyclic) bond motifs is 1. The predicted molar refractivity (Wildman–Crippen MR) is 102 cm³/mol. The Morgan fingerprint density at radius 1 is 1.07 bits per heavy atom. The largest absolute Gasteiger partial charge is 0.355 e. The molecule has 6 heteroatoms. The molecule has 0 bridgehead atoms. The Kier molecular flexibility index (Phi) is 4.60. The van der Waals surface area contributed by atoms with Crippen molar-refractivity contribution in [2.24, 2.45) is 0 Å². The molecule has 0 unspecified atom stereocenters. The van der Waals surface area contributed by atoms with E-state index in [1.165, 1.54) is 12.1 Å². The number of amides is 1. The van der Waals surface area contributed by atoms with Gasteiger partial charge in [-0.15, -0.1) is 0 Å². The van der Waals surface area contributed by atoms with E-state index >= 15 is 0 Å². The molecule has 0 fully saturated rings. The molecular weight excluding hydrogens is 367 g/mol. The summed E-state index contributed by atoms with van der Waals surface area (Å²) < 4.78 is 18.6. The van der Waals surface area contributed by atoms with Crippen molar-refractivity contribution in [1.82, 2.24) is 10.5 Å². The van der Waals surface area contributed by atoms with Gasteiger partial charge in [-0.3, -0.25) is 4.79 Å². The Balaban J connectivity index is 1.61. The summed E-state index contributed by atoms with van der Waals surface area (Å²) >= 11 is 6.12. The lowest BCUT2D eigenvalue weighted by atomic mass is 10.1. The minimum Gasteiger partial charge on any atom is -0.355 e. The molecule has 0 radical (unpaired) electrons. The number of hydrogen-bond acceptors (Lipinski definition) is 3. The lowest BCUT2D eigenvalue weighted by Gasteiger charge is -2.07. The number of halogens is 2. The van der Waals surface area contributed by atoms with Gasteiger partial charge in [-0.05, 0) is 54.1 Å². The Labute approximate surface area is 159 Å². The molecule has 0 saturated heterocycles. The maximum atomic E-state index is 13.2. The Morgan fingerprint density at radius 2 is 1.85 bits per heavy atom. The molecule has 0 saturated carbocycles. The molecule has 1 heterocycles. The Hall–Kier alpha value is -3.18. The number of hydrogen-bond donors (Lipinski definition) is 1. The van der Waals surface area contributed by atoms with Crippen LogP contribution in [0.2, 0.25) is 5.02 Å². The Bertz CT molecular complexity index is 1120. The van der Waals surface area contributed by atoms with Crippen molar-refractivity contribution in [3.63, 3.8) is 0 Å². The van der Waals surface area contributed by atoms with Crippen molar-refractivity contribution in [1.29, 1.82) is 0 Å². The lowest BCUT2D eigenvalue weighted by molar-refractivity contribution is 0.0951. The molecule has 1 amide bonds. The van der Waals surface area contributed by atoms with E-state index in [2.05, 4.69) is 10.5 Å². The van der Waals surface area contributed by atoms with Crippen LogP contribution in [-0.2, 0) is 6.54 Å². The van der Waals surface area contributed by atoms with Gasteiger partial charge in [0.1, 0.15) is 11.3 Å². The van der Waals surface area contributed by atoms with Crippen LogP contribution in [0.4, 0.5) is 4.39 Å². The van der Waals surface area contributed by atoms with Gasteiger partial charge < -0.3 is 9.84 Å². The number of nitrogens with one attached hydrogen (secondary N) is 1. The molecule has 27 heavy (non-hydrogen) atoms. The topological polar surface area (TPSA) is 55.1 Å². The minimum atomic E-state index is -0.331. The fraction of sp³-hybridized carbons (Fsp3) is 0.0476. The van der Waals surface area contributed by atoms with Crippen LogP contribution in [0.1, 0.15) is 15.9 Å². The van der Waals surface area contributed by atoms with Crippen LogP contribution < -0.4 is 5.32 Å². The minimum absolute atomic E-state index is 0.233. The number of benzene rings is 3. The summed E-state index contributed by atoms with van der Waals surface area (Å²) in [4.78, 5) is 12.5. The van der Waals surface area contributed by atoms with Crippen LogP contribution in [0.15, 0.2) is 71.3 Å². The van der Waals surface area contributed by atoms with E-state index in [1.54, 1.807) is 36.4 Å². The fourth-order valence-corrected chi connectivity index (χ4v) is 3.01. The van der Waals surface area contributed by atoms with Gasteiger partial charge in [0.15, 0.2) is 5.76 Å². The van der Waals surface area contributed by atoms with E-state index in [9.17, 15) is 9.18 Å². The highest BCUT2D eigenvalue weighted by Crippen LogP contribution is 2.29. The first kappa shape index (κ1) is 17.2. The van der Waals surface area contributed by atoms with Gasteiger partial charge in [0, 0.05) is 22.7 Å². The summed E-state index contributed by atoms with van der Waals surface area (Å²) in [5.41, 5.74) is 2.62. The number of nitrogens with zero attached hydrogens (tertiary/aromatic N) is 1. The second kappa shape index (κ2) is 7.21. The van der Waals surface area contributed by atoms with Crippen LogP contribution in [-0.4, -0.2) is 11.1 Å². The summed E-state index contributed by atoms with van der Waals surface area (Å²) in [7, 11) is 0. The van der Waals surface area contributed by atoms with Crippen LogP contribution in [0, 0.1) is 5.82 Å². The smallest absolute Gasteiger partial charge is 0.251 e. The van der Waals surface area contributed by atoms with Crippen molar-refractivity contribution in [3.05, 3.63) is 88.7 Å². The van der Waals surface area contributed by atoms with Crippen molar-refractivity contribution >= 4 is 28.4 Å². The van der Waals surface area contributed by atoms with Gasteiger partial charge in [0.2, 0.25) is 0 Å². The van der Waals surface area contributed by atoms with Gasteiger partial charge in [0.25, 0.3) is 5.91 Å². The summed E-state index contributed by atoms with van der Waals surface area (Å²) in [6.07, 6.45) is 0. The molecule has 0 aliphatic heterocycles. The van der Waals surface area contributed by atoms with Crippen molar-refractivity contribution < 1.29 is 13.7 Å². The standard InChI is InChI=1S/C21H14ClFN2O2/c22-18-4-2-1-3-15(18)12-24-21(26)14-7-10-19-17(11-14)20(27-25-19)13-5-8-16(23)9-6-13/h1-11H,12H2,(H,24,26). The zero-order valence-corrected chi connectivity index (χ0v) is 14.8. The highest BCUT2D eigenvalue weighted by Gasteiger charge is 2.14. The zero-order chi connectivity index (χ0) is 18.8. The second-order valence-corrected chi connectivity index (χ2v) is 6.43.